The Morgan fingerprint density at radius 2 is 1.88 bits per heavy atom. The van der Waals surface area contributed by atoms with Gasteiger partial charge >= 0.3 is 0 Å². The second kappa shape index (κ2) is 7.79. The van der Waals surface area contributed by atoms with E-state index in [0.29, 0.717) is 11.6 Å². The highest BCUT2D eigenvalue weighted by molar-refractivity contribution is 7.99. The Labute approximate surface area is 143 Å². The van der Waals surface area contributed by atoms with Crippen LogP contribution in [0.15, 0.2) is 65.3 Å². The maximum Gasteiger partial charge on any atom is 0.234 e. The molecule has 0 atom stereocenters. The molecule has 3 rings (SSSR count). The van der Waals surface area contributed by atoms with Crippen molar-refractivity contribution >= 4 is 23.4 Å². The Balaban J connectivity index is 1.49. The minimum atomic E-state index is -0.445. The van der Waals surface area contributed by atoms with Crippen LogP contribution in [0.25, 0.3) is 11.5 Å². The Morgan fingerprint density at radius 1 is 1.12 bits per heavy atom. The molecule has 0 unspecified atom stereocenters. The van der Waals surface area contributed by atoms with Crippen LogP contribution in [0.5, 0.6) is 0 Å². The molecule has 1 aromatic heterocycles. The fourth-order valence-electron chi connectivity index (χ4n) is 2.08. The molecule has 0 fully saturated rings. The molecule has 0 aliphatic heterocycles. The van der Waals surface area contributed by atoms with Crippen LogP contribution in [-0.4, -0.2) is 16.6 Å². The molecule has 0 bridgehead atoms. The van der Waals surface area contributed by atoms with Gasteiger partial charge in [0, 0.05) is 11.3 Å². The van der Waals surface area contributed by atoms with Crippen molar-refractivity contribution in [1.82, 2.24) is 4.98 Å². The molecule has 6 heteroatoms. The molecule has 0 radical (unpaired) electrons. The van der Waals surface area contributed by atoms with Gasteiger partial charge in [0.25, 0.3) is 0 Å². The van der Waals surface area contributed by atoms with Gasteiger partial charge < -0.3 is 9.73 Å². The molecule has 0 saturated heterocycles. The molecular weight excluding hydrogens is 327 g/mol. The lowest BCUT2D eigenvalue weighted by atomic mass is 10.2. The van der Waals surface area contributed by atoms with Crippen molar-refractivity contribution in [2.75, 3.05) is 11.1 Å². The second-order valence-electron chi connectivity index (χ2n) is 5.03. The summed E-state index contributed by atoms with van der Waals surface area (Å²) in [6.07, 6.45) is 1.59. The number of oxazole rings is 1. The number of carbonyl (C=O) groups is 1. The van der Waals surface area contributed by atoms with Gasteiger partial charge in [-0.1, -0.05) is 30.3 Å². The summed E-state index contributed by atoms with van der Waals surface area (Å²) in [5, 5.41) is 2.55. The summed E-state index contributed by atoms with van der Waals surface area (Å²) in [7, 11) is 0. The van der Waals surface area contributed by atoms with Gasteiger partial charge in [0.1, 0.15) is 12.1 Å². The number of halogens is 1. The van der Waals surface area contributed by atoms with Crippen molar-refractivity contribution in [3.63, 3.8) is 0 Å². The van der Waals surface area contributed by atoms with Crippen LogP contribution in [0.4, 0.5) is 10.1 Å². The molecule has 0 aliphatic rings. The van der Waals surface area contributed by atoms with Crippen molar-refractivity contribution in [3.8, 4) is 11.5 Å². The van der Waals surface area contributed by atoms with Crippen molar-refractivity contribution in [3.05, 3.63) is 72.4 Å². The van der Waals surface area contributed by atoms with Crippen LogP contribution in [0, 0.1) is 5.82 Å². The van der Waals surface area contributed by atoms with Gasteiger partial charge in [-0.05, 0) is 24.3 Å². The van der Waals surface area contributed by atoms with E-state index in [9.17, 15) is 9.18 Å². The first-order valence-electron chi connectivity index (χ1n) is 7.34. The highest BCUT2D eigenvalue weighted by atomic mass is 32.2. The topological polar surface area (TPSA) is 55.1 Å². The van der Waals surface area contributed by atoms with Crippen LogP contribution < -0.4 is 5.32 Å². The van der Waals surface area contributed by atoms with Gasteiger partial charge in [-0.15, -0.1) is 11.8 Å². The highest BCUT2D eigenvalue weighted by Crippen LogP contribution is 2.20. The summed E-state index contributed by atoms with van der Waals surface area (Å²) in [4.78, 5) is 16.2. The average Bonchev–Trinajstić information content (AvgIpc) is 3.07. The van der Waals surface area contributed by atoms with Crippen LogP contribution in [0.2, 0.25) is 0 Å². The number of amides is 1. The van der Waals surface area contributed by atoms with Crippen molar-refractivity contribution in [2.24, 2.45) is 0 Å². The molecule has 0 spiro atoms. The summed E-state index contributed by atoms with van der Waals surface area (Å²) < 4.78 is 18.9. The van der Waals surface area contributed by atoms with Gasteiger partial charge in [-0.3, -0.25) is 4.79 Å². The van der Waals surface area contributed by atoms with E-state index in [4.69, 9.17) is 4.42 Å². The molecule has 4 nitrogen and oxygen atoms in total. The minimum absolute atomic E-state index is 0.191. The SMILES string of the molecule is O=C(CSCc1coc(-c2ccccc2)n1)Nc1ccccc1F. The molecule has 3 aromatic rings. The van der Waals surface area contributed by atoms with E-state index in [1.807, 2.05) is 30.3 Å². The van der Waals surface area contributed by atoms with Gasteiger partial charge in [0.05, 0.1) is 17.1 Å². The van der Waals surface area contributed by atoms with Crippen LogP contribution >= 0.6 is 11.8 Å². The molecule has 122 valence electrons. The van der Waals surface area contributed by atoms with E-state index in [2.05, 4.69) is 10.3 Å². The molecule has 1 N–H and O–H groups in total. The van der Waals surface area contributed by atoms with E-state index >= 15 is 0 Å². The molecule has 1 amide bonds. The number of benzene rings is 2. The fraction of sp³-hybridized carbons (Fsp3) is 0.111. The number of aromatic nitrogens is 1. The third kappa shape index (κ3) is 4.23. The van der Waals surface area contributed by atoms with E-state index in [0.717, 1.165) is 11.3 Å². The zero-order chi connectivity index (χ0) is 16.8. The van der Waals surface area contributed by atoms with Gasteiger partial charge in [0.15, 0.2) is 0 Å². The standard InChI is InChI=1S/C18H15FN2O2S/c19-15-8-4-5-9-16(15)21-17(22)12-24-11-14-10-23-18(20-14)13-6-2-1-3-7-13/h1-10H,11-12H2,(H,21,22). The van der Waals surface area contributed by atoms with E-state index in [1.165, 1.54) is 23.9 Å². The number of anilines is 1. The van der Waals surface area contributed by atoms with Gasteiger partial charge in [0.2, 0.25) is 11.8 Å². The number of carbonyl (C=O) groups excluding carboxylic acids is 1. The Bertz CT molecular complexity index is 821. The summed E-state index contributed by atoms with van der Waals surface area (Å²) in [6, 6.07) is 15.7. The van der Waals surface area contributed by atoms with Gasteiger partial charge in [-0.2, -0.15) is 0 Å². The molecule has 1 heterocycles. The van der Waals surface area contributed by atoms with E-state index in [-0.39, 0.29) is 17.3 Å². The number of hydrogen-bond acceptors (Lipinski definition) is 4. The molecule has 2 aromatic carbocycles. The highest BCUT2D eigenvalue weighted by Gasteiger charge is 2.09. The molecule has 0 aliphatic carbocycles. The van der Waals surface area contributed by atoms with E-state index < -0.39 is 5.82 Å². The van der Waals surface area contributed by atoms with Crippen LogP contribution in [0.3, 0.4) is 0 Å². The number of nitrogens with one attached hydrogen (secondary N) is 1. The first kappa shape index (κ1) is 16.3. The average molecular weight is 342 g/mol. The number of nitrogens with zero attached hydrogens (tertiary/aromatic N) is 1. The van der Waals surface area contributed by atoms with Gasteiger partial charge in [-0.25, -0.2) is 9.37 Å². The quantitative estimate of drug-likeness (QED) is 0.723. The van der Waals surface area contributed by atoms with Crippen molar-refractivity contribution in [2.45, 2.75) is 5.75 Å². The monoisotopic (exact) mass is 342 g/mol. The summed E-state index contributed by atoms with van der Waals surface area (Å²) in [5.41, 5.74) is 1.86. The summed E-state index contributed by atoms with van der Waals surface area (Å²) in [5.74, 6) is 0.613. The second-order valence-corrected chi connectivity index (χ2v) is 6.02. The maximum absolute atomic E-state index is 13.5. The normalized spacial score (nSPS) is 10.5. The smallest absolute Gasteiger partial charge is 0.234 e. The first-order chi connectivity index (χ1) is 11.7. The minimum Gasteiger partial charge on any atom is -0.444 e. The maximum atomic E-state index is 13.5. The first-order valence-corrected chi connectivity index (χ1v) is 8.50. The van der Waals surface area contributed by atoms with Crippen molar-refractivity contribution in [1.29, 1.82) is 0 Å². The molecular formula is C18H15FN2O2S. The number of thioether (sulfide) groups is 1. The lowest BCUT2D eigenvalue weighted by Crippen LogP contribution is -2.15. The zero-order valence-corrected chi connectivity index (χ0v) is 13.6. The lowest BCUT2D eigenvalue weighted by molar-refractivity contribution is -0.113. The van der Waals surface area contributed by atoms with Crippen LogP contribution in [0.1, 0.15) is 5.69 Å². The summed E-state index contributed by atoms with van der Waals surface area (Å²) >= 11 is 1.39. The Kier molecular flexibility index (Phi) is 5.28. The fourth-order valence-corrected chi connectivity index (χ4v) is 2.79. The third-order valence-electron chi connectivity index (χ3n) is 3.20. The number of para-hydroxylation sites is 1. The van der Waals surface area contributed by atoms with Crippen LogP contribution in [-0.2, 0) is 10.5 Å². The Morgan fingerprint density at radius 3 is 2.67 bits per heavy atom. The molecule has 24 heavy (non-hydrogen) atoms. The van der Waals surface area contributed by atoms with Crippen molar-refractivity contribution < 1.29 is 13.6 Å². The zero-order valence-electron chi connectivity index (χ0n) is 12.7. The Hall–Kier alpha value is -2.60. The third-order valence-corrected chi connectivity index (χ3v) is 4.17. The largest absolute Gasteiger partial charge is 0.444 e. The number of rotatable bonds is 6. The predicted octanol–water partition coefficient (Wildman–Crippen LogP) is 4.35. The lowest BCUT2D eigenvalue weighted by Gasteiger charge is -2.05. The number of hydrogen-bond donors (Lipinski definition) is 1. The summed E-state index contributed by atoms with van der Waals surface area (Å²) in [6.45, 7) is 0. The van der Waals surface area contributed by atoms with E-state index in [1.54, 1.807) is 18.4 Å². The molecule has 0 saturated carbocycles. The predicted molar refractivity (Wildman–Crippen MR) is 93.1 cm³/mol.